The average molecular weight is 348 g/mol. The van der Waals surface area contributed by atoms with Crippen LogP contribution in [0.1, 0.15) is 17.0 Å². The number of hydrogen-bond donors (Lipinski definition) is 0. The number of aryl methyl sites for hydroxylation is 2. The second kappa shape index (κ2) is 6.83. The van der Waals surface area contributed by atoms with E-state index in [2.05, 4.69) is 51.5 Å². The Balaban J connectivity index is 1.45. The van der Waals surface area contributed by atoms with Crippen LogP contribution in [0.5, 0.6) is 0 Å². The van der Waals surface area contributed by atoms with E-state index in [0.717, 1.165) is 48.8 Å². The molecule has 3 heterocycles. The van der Waals surface area contributed by atoms with Gasteiger partial charge in [0.05, 0.1) is 17.8 Å². The van der Waals surface area contributed by atoms with Crippen molar-refractivity contribution in [3.05, 3.63) is 65.6 Å². The highest BCUT2D eigenvalue weighted by Crippen LogP contribution is 2.19. The molecule has 2 aromatic heterocycles. The van der Waals surface area contributed by atoms with Gasteiger partial charge in [-0.1, -0.05) is 24.3 Å². The minimum absolute atomic E-state index is 0.184. The number of para-hydroxylation sites is 1. The second-order valence-electron chi connectivity index (χ2n) is 6.91. The van der Waals surface area contributed by atoms with Crippen LogP contribution >= 0.6 is 0 Å². The molecule has 1 aliphatic rings. The predicted molar refractivity (Wildman–Crippen MR) is 104 cm³/mol. The van der Waals surface area contributed by atoms with Gasteiger partial charge in [0.2, 0.25) is 5.91 Å². The molecule has 5 heteroatoms. The summed E-state index contributed by atoms with van der Waals surface area (Å²) in [7, 11) is 0. The predicted octanol–water partition coefficient (Wildman–Crippen LogP) is 2.84. The van der Waals surface area contributed by atoms with Gasteiger partial charge >= 0.3 is 0 Å². The van der Waals surface area contributed by atoms with Gasteiger partial charge in [0.1, 0.15) is 5.65 Å². The molecular formula is C21H24N4O. The largest absolute Gasteiger partial charge is 0.368 e. The Morgan fingerprint density at radius 2 is 1.73 bits per heavy atom. The summed E-state index contributed by atoms with van der Waals surface area (Å²) in [6, 6.07) is 14.5. The third-order valence-corrected chi connectivity index (χ3v) is 5.22. The number of carbonyl (C=O) groups is 1. The van der Waals surface area contributed by atoms with Crippen LogP contribution in [0.2, 0.25) is 0 Å². The van der Waals surface area contributed by atoms with E-state index in [1.807, 2.05) is 30.2 Å². The molecule has 1 fully saturated rings. The number of piperazine rings is 1. The molecule has 5 nitrogen and oxygen atoms in total. The second-order valence-corrected chi connectivity index (χ2v) is 6.91. The summed E-state index contributed by atoms with van der Waals surface area (Å²) in [6.07, 6.45) is 2.40. The first kappa shape index (κ1) is 16.6. The van der Waals surface area contributed by atoms with Crippen LogP contribution in [-0.2, 0) is 11.2 Å². The first-order valence-electron chi connectivity index (χ1n) is 9.14. The number of carbonyl (C=O) groups excluding carboxylic acids is 1. The minimum atomic E-state index is 0.184. The molecule has 26 heavy (non-hydrogen) atoms. The third-order valence-electron chi connectivity index (χ3n) is 5.22. The zero-order valence-electron chi connectivity index (χ0n) is 15.4. The number of amides is 1. The summed E-state index contributed by atoms with van der Waals surface area (Å²) in [5.41, 5.74) is 5.25. The molecular weight excluding hydrogens is 324 g/mol. The normalized spacial score (nSPS) is 14.8. The van der Waals surface area contributed by atoms with Gasteiger partial charge in [0.15, 0.2) is 0 Å². The number of hydrogen-bond acceptors (Lipinski definition) is 3. The quantitative estimate of drug-likeness (QED) is 0.731. The molecule has 0 aliphatic carbocycles. The molecule has 3 aromatic rings. The maximum Gasteiger partial charge on any atom is 0.228 e. The molecule has 0 N–H and O–H groups in total. The fourth-order valence-corrected chi connectivity index (χ4v) is 3.69. The summed E-state index contributed by atoms with van der Waals surface area (Å²) in [4.78, 5) is 21.8. The summed E-state index contributed by atoms with van der Waals surface area (Å²) in [5, 5.41) is 0. The molecule has 1 aromatic carbocycles. The van der Waals surface area contributed by atoms with Crippen molar-refractivity contribution < 1.29 is 4.79 Å². The Bertz CT molecular complexity index is 924. The van der Waals surface area contributed by atoms with Gasteiger partial charge in [0, 0.05) is 38.1 Å². The fourth-order valence-electron chi connectivity index (χ4n) is 3.69. The number of rotatable bonds is 3. The number of nitrogens with zero attached hydrogens (tertiary/aromatic N) is 4. The van der Waals surface area contributed by atoms with Crippen LogP contribution < -0.4 is 4.90 Å². The minimum Gasteiger partial charge on any atom is -0.368 e. The maximum absolute atomic E-state index is 12.9. The number of fused-ring (bicyclic) bond motifs is 1. The van der Waals surface area contributed by atoms with Gasteiger partial charge in [-0.05, 0) is 37.6 Å². The van der Waals surface area contributed by atoms with E-state index in [4.69, 9.17) is 0 Å². The van der Waals surface area contributed by atoms with Crippen LogP contribution in [-0.4, -0.2) is 46.4 Å². The molecule has 1 saturated heterocycles. The van der Waals surface area contributed by atoms with Crippen molar-refractivity contribution in [2.75, 3.05) is 31.1 Å². The number of imidazole rings is 1. The Labute approximate surface area is 153 Å². The lowest BCUT2D eigenvalue weighted by molar-refractivity contribution is -0.130. The van der Waals surface area contributed by atoms with Crippen molar-refractivity contribution in [3.63, 3.8) is 0 Å². The van der Waals surface area contributed by atoms with Gasteiger partial charge in [0.25, 0.3) is 0 Å². The molecule has 1 amide bonds. The highest BCUT2D eigenvalue weighted by atomic mass is 16.2. The Morgan fingerprint density at radius 1 is 1.00 bits per heavy atom. The molecule has 0 bridgehead atoms. The van der Waals surface area contributed by atoms with Gasteiger partial charge in [-0.25, -0.2) is 4.98 Å². The Morgan fingerprint density at radius 3 is 2.46 bits per heavy atom. The molecule has 4 rings (SSSR count). The van der Waals surface area contributed by atoms with E-state index in [-0.39, 0.29) is 5.91 Å². The van der Waals surface area contributed by atoms with Gasteiger partial charge in [-0.3, -0.25) is 4.79 Å². The summed E-state index contributed by atoms with van der Waals surface area (Å²) < 4.78 is 2.06. The maximum atomic E-state index is 12.9. The number of anilines is 1. The molecule has 0 spiro atoms. The van der Waals surface area contributed by atoms with Crippen molar-refractivity contribution in [3.8, 4) is 0 Å². The zero-order chi connectivity index (χ0) is 18.1. The van der Waals surface area contributed by atoms with Gasteiger partial charge < -0.3 is 14.2 Å². The van der Waals surface area contributed by atoms with Crippen molar-refractivity contribution in [2.24, 2.45) is 0 Å². The molecule has 0 radical (unpaired) electrons. The van der Waals surface area contributed by atoms with Crippen molar-refractivity contribution in [2.45, 2.75) is 20.3 Å². The molecule has 134 valence electrons. The Hall–Kier alpha value is -2.82. The molecule has 0 saturated carbocycles. The number of aromatic nitrogens is 2. The SMILES string of the molecule is Cc1nc2c(C)cccn2c1CC(=O)N1CCN(c2ccccc2)CC1. The van der Waals surface area contributed by atoms with Crippen LogP contribution in [0.4, 0.5) is 5.69 Å². The average Bonchev–Trinajstić information content (AvgIpc) is 3.00. The molecule has 0 unspecified atom stereocenters. The first-order chi connectivity index (χ1) is 12.6. The third kappa shape index (κ3) is 3.05. The van der Waals surface area contributed by atoms with Crippen LogP contribution in [0.25, 0.3) is 5.65 Å². The topological polar surface area (TPSA) is 40.9 Å². The van der Waals surface area contributed by atoms with E-state index in [1.54, 1.807) is 0 Å². The zero-order valence-corrected chi connectivity index (χ0v) is 15.4. The Kier molecular flexibility index (Phi) is 4.37. The van der Waals surface area contributed by atoms with Crippen LogP contribution in [0.15, 0.2) is 48.7 Å². The standard InChI is InChI=1S/C21H24N4O/c1-16-7-6-10-25-19(17(2)22-21(16)25)15-20(26)24-13-11-23(12-14-24)18-8-4-3-5-9-18/h3-10H,11-15H2,1-2H3. The van der Waals surface area contributed by atoms with E-state index < -0.39 is 0 Å². The van der Waals surface area contributed by atoms with E-state index >= 15 is 0 Å². The van der Waals surface area contributed by atoms with Gasteiger partial charge in [-0.15, -0.1) is 0 Å². The molecule has 1 aliphatic heterocycles. The lowest BCUT2D eigenvalue weighted by atomic mass is 10.2. The van der Waals surface area contributed by atoms with Crippen LogP contribution in [0.3, 0.4) is 0 Å². The van der Waals surface area contributed by atoms with Crippen molar-refractivity contribution in [1.29, 1.82) is 0 Å². The van der Waals surface area contributed by atoms with E-state index in [0.29, 0.717) is 6.42 Å². The van der Waals surface area contributed by atoms with E-state index in [1.165, 1.54) is 5.69 Å². The highest BCUT2D eigenvalue weighted by molar-refractivity contribution is 5.79. The highest BCUT2D eigenvalue weighted by Gasteiger charge is 2.23. The number of benzene rings is 1. The fraction of sp³-hybridized carbons (Fsp3) is 0.333. The lowest BCUT2D eigenvalue weighted by Crippen LogP contribution is -2.49. The van der Waals surface area contributed by atoms with Crippen LogP contribution in [0, 0.1) is 13.8 Å². The number of pyridine rings is 1. The smallest absolute Gasteiger partial charge is 0.228 e. The monoisotopic (exact) mass is 348 g/mol. The van der Waals surface area contributed by atoms with Crippen molar-refractivity contribution in [1.82, 2.24) is 14.3 Å². The van der Waals surface area contributed by atoms with E-state index in [9.17, 15) is 4.79 Å². The summed E-state index contributed by atoms with van der Waals surface area (Å²) in [6.45, 7) is 7.33. The summed E-state index contributed by atoms with van der Waals surface area (Å²) >= 11 is 0. The van der Waals surface area contributed by atoms with Crippen molar-refractivity contribution >= 4 is 17.2 Å². The molecule has 0 atom stereocenters. The summed E-state index contributed by atoms with van der Waals surface area (Å²) in [5.74, 6) is 0.184. The first-order valence-corrected chi connectivity index (χ1v) is 9.14. The van der Waals surface area contributed by atoms with Gasteiger partial charge in [-0.2, -0.15) is 0 Å². The lowest BCUT2D eigenvalue weighted by Gasteiger charge is -2.36.